The standard InChI is InChI=1S/C13H15BrO4/c1-2-18-13(17)11-6-3-5-10(12(15)16)9(11)7-4-8-14/h3,5-6H,2,4,7-8H2,1H3,(H,15,16). The number of alkyl halides is 1. The maximum atomic E-state index is 11.8. The molecule has 1 N–H and O–H groups in total. The molecule has 4 nitrogen and oxygen atoms in total. The zero-order valence-corrected chi connectivity index (χ0v) is 11.7. The lowest BCUT2D eigenvalue weighted by molar-refractivity contribution is 0.0525. The van der Waals surface area contributed by atoms with Crippen molar-refractivity contribution >= 4 is 27.9 Å². The molecule has 1 aromatic rings. The number of halogens is 1. The summed E-state index contributed by atoms with van der Waals surface area (Å²) in [6.07, 6.45) is 1.29. The molecule has 0 unspecified atom stereocenters. The van der Waals surface area contributed by atoms with E-state index < -0.39 is 11.9 Å². The Morgan fingerprint density at radius 1 is 1.33 bits per heavy atom. The van der Waals surface area contributed by atoms with Gasteiger partial charge in [0.2, 0.25) is 0 Å². The number of carboxylic acids is 1. The van der Waals surface area contributed by atoms with Crippen molar-refractivity contribution in [3.8, 4) is 0 Å². The van der Waals surface area contributed by atoms with E-state index in [9.17, 15) is 9.59 Å². The molecule has 18 heavy (non-hydrogen) atoms. The molecule has 0 aliphatic carbocycles. The van der Waals surface area contributed by atoms with Crippen LogP contribution in [0.4, 0.5) is 0 Å². The van der Waals surface area contributed by atoms with Crippen LogP contribution < -0.4 is 0 Å². The number of esters is 1. The van der Waals surface area contributed by atoms with Gasteiger partial charge in [0.25, 0.3) is 0 Å². The van der Waals surface area contributed by atoms with Gasteiger partial charge in [-0.3, -0.25) is 0 Å². The first-order valence-corrected chi connectivity index (χ1v) is 6.82. The summed E-state index contributed by atoms with van der Waals surface area (Å²) < 4.78 is 4.94. The van der Waals surface area contributed by atoms with Crippen LogP contribution in [0.5, 0.6) is 0 Å². The number of hydrogen-bond acceptors (Lipinski definition) is 3. The molecular weight excluding hydrogens is 300 g/mol. The Balaban J connectivity index is 3.18. The topological polar surface area (TPSA) is 63.6 Å². The highest BCUT2D eigenvalue weighted by molar-refractivity contribution is 9.09. The number of ether oxygens (including phenoxy) is 1. The fourth-order valence-corrected chi connectivity index (χ4v) is 1.98. The number of benzene rings is 1. The lowest BCUT2D eigenvalue weighted by Crippen LogP contribution is -2.12. The number of carbonyl (C=O) groups is 2. The number of aromatic carboxylic acids is 1. The van der Waals surface area contributed by atoms with Gasteiger partial charge in [0.1, 0.15) is 0 Å². The molecule has 98 valence electrons. The summed E-state index contributed by atoms with van der Waals surface area (Å²) >= 11 is 3.30. The molecule has 0 heterocycles. The number of carbonyl (C=O) groups excluding carboxylic acids is 1. The van der Waals surface area contributed by atoms with Gasteiger partial charge in [0, 0.05) is 5.33 Å². The molecule has 1 rings (SSSR count). The molecule has 0 saturated heterocycles. The van der Waals surface area contributed by atoms with Crippen molar-refractivity contribution in [2.75, 3.05) is 11.9 Å². The summed E-state index contributed by atoms with van der Waals surface area (Å²) in [4.78, 5) is 22.9. The van der Waals surface area contributed by atoms with E-state index in [1.54, 1.807) is 19.1 Å². The van der Waals surface area contributed by atoms with Crippen LogP contribution in [0.15, 0.2) is 18.2 Å². The molecule has 0 fully saturated rings. The van der Waals surface area contributed by atoms with Crippen molar-refractivity contribution in [1.29, 1.82) is 0 Å². The van der Waals surface area contributed by atoms with Crippen LogP contribution in [0, 0.1) is 0 Å². The van der Waals surface area contributed by atoms with Crippen LogP contribution in [0.1, 0.15) is 39.6 Å². The fourth-order valence-electron chi connectivity index (χ4n) is 1.70. The molecule has 5 heteroatoms. The highest BCUT2D eigenvalue weighted by Crippen LogP contribution is 2.19. The van der Waals surface area contributed by atoms with E-state index in [0.717, 1.165) is 11.8 Å². The molecule has 0 spiro atoms. The molecule has 0 amide bonds. The maximum Gasteiger partial charge on any atom is 0.338 e. The molecule has 0 aliphatic rings. The first kappa shape index (κ1) is 14.7. The smallest absolute Gasteiger partial charge is 0.338 e. The Kier molecular flexibility index (Phi) is 5.85. The summed E-state index contributed by atoms with van der Waals surface area (Å²) in [7, 11) is 0. The van der Waals surface area contributed by atoms with Gasteiger partial charge >= 0.3 is 11.9 Å². The first-order chi connectivity index (χ1) is 8.61. The van der Waals surface area contributed by atoms with E-state index in [-0.39, 0.29) is 12.2 Å². The average molecular weight is 315 g/mol. The Labute approximate surface area is 114 Å². The molecule has 0 radical (unpaired) electrons. The molecule has 0 atom stereocenters. The SMILES string of the molecule is CCOC(=O)c1cccc(C(=O)O)c1CCCBr. The van der Waals surface area contributed by atoms with Gasteiger partial charge in [0.05, 0.1) is 17.7 Å². The highest BCUT2D eigenvalue weighted by atomic mass is 79.9. The minimum Gasteiger partial charge on any atom is -0.478 e. The normalized spacial score (nSPS) is 10.1. The van der Waals surface area contributed by atoms with Crippen LogP contribution in [-0.2, 0) is 11.2 Å². The summed E-state index contributed by atoms with van der Waals surface area (Å²) in [6, 6.07) is 4.68. The van der Waals surface area contributed by atoms with Crippen LogP contribution in [0.3, 0.4) is 0 Å². The zero-order chi connectivity index (χ0) is 13.5. The highest BCUT2D eigenvalue weighted by Gasteiger charge is 2.18. The second-order valence-corrected chi connectivity index (χ2v) is 4.44. The van der Waals surface area contributed by atoms with Crippen LogP contribution in [0.2, 0.25) is 0 Å². The van der Waals surface area contributed by atoms with Crippen LogP contribution in [0.25, 0.3) is 0 Å². The summed E-state index contributed by atoms with van der Waals surface area (Å²) in [6.45, 7) is 1.99. The molecule has 0 aromatic heterocycles. The minimum absolute atomic E-state index is 0.168. The van der Waals surface area contributed by atoms with E-state index in [1.165, 1.54) is 6.07 Å². The molecular formula is C13H15BrO4. The van der Waals surface area contributed by atoms with Crippen molar-refractivity contribution < 1.29 is 19.4 Å². The van der Waals surface area contributed by atoms with Gasteiger partial charge in [-0.1, -0.05) is 22.0 Å². The lowest BCUT2D eigenvalue weighted by Gasteiger charge is -2.11. The van der Waals surface area contributed by atoms with Gasteiger partial charge in [-0.05, 0) is 37.5 Å². The zero-order valence-electron chi connectivity index (χ0n) is 10.1. The van der Waals surface area contributed by atoms with E-state index in [1.807, 2.05) is 0 Å². The van der Waals surface area contributed by atoms with Gasteiger partial charge in [-0.25, -0.2) is 9.59 Å². The Bertz CT molecular complexity index is 443. The minimum atomic E-state index is -1.02. The Hall–Kier alpha value is -1.36. The third-order valence-corrected chi connectivity index (χ3v) is 3.02. The Morgan fingerprint density at radius 3 is 2.56 bits per heavy atom. The average Bonchev–Trinajstić information content (AvgIpc) is 2.36. The predicted molar refractivity (Wildman–Crippen MR) is 71.5 cm³/mol. The van der Waals surface area contributed by atoms with Crippen molar-refractivity contribution in [3.05, 3.63) is 34.9 Å². The van der Waals surface area contributed by atoms with Gasteiger partial charge in [-0.2, -0.15) is 0 Å². The molecule has 0 bridgehead atoms. The Morgan fingerprint density at radius 2 is 2.00 bits per heavy atom. The summed E-state index contributed by atoms with van der Waals surface area (Å²) in [5, 5.41) is 9.89. The van der Waals surface area contributed by atoms with Gasteiger partial charge < -0.3 is 9.84 Å². The van der Waals surface area contributed by atoms with Crippen molar-refractivity contribution in [3.63, 3.8) is 0 Å². The number of hydrogen-bond donors (Lipinski definition) is 1. The van der Waals surface area contributed by atoms with Crippen molar-refractivity contribution in [2.24, 2.45) is 0 Å². The van der Waals surface area contributed by atoms with E-state index in [0.29, 0.717) is 17.5 Å². The molecule has 1 aromatic carbocycles. The van der Waals surface area contributed by atoms with E-state index in [2.05, 4.69) is 15.9 Å². The predicted octanol–water partition coefficient (Wildman–Crippen LogP) is 2.89. The second-order valence-electron chi connectivity index (χ2n) is 3.65. The summed E-state index contributed by atoms with van der Waals surface area (Å²) in [5.41, 5.74) is 1.06. The fraction of sp³-hybridized carbons (Fsp3) is 0.385. The molecule has 0 saturated carbocycles. The lowest BCUT2D eigenvalue weighted by atomic mass is 9.97. The third kappa shape index (κ3) is 3.57. The van der Waals surface area contributed by atoms with Crippen LogP contribution in [-0.4, -0.2) is 29.0 Å². The summed E-state index contributed by atoms with van der Waals surface area (Å²) in [5.74, 6) is -1.49. The molecule has 0 aliphatic heterocycles. The van der Waals surface area contributed by atoms with Crippen molar-refractivity contribution in [1.82, 2.24) is 0 Å². The monoisotopic (exact) mass is 314 g/mol. The number of rotatable bonds is 6. The van der Waals surface area contributed by atoms with Crippen molar-refractivity contribution in [2.45, 2.75) is 19.8 Å². The van der Waals surface area contributed by atoms with Gasteiger partial charge in [0.15, 0.2) is 0 Å². The van der Waals surface area contributed by atoms with Gasteiger partial charge in [-0.15, -0.1) is 0 Å². The largest absolute Gasteiger partial charge is 0.478 e. The first-order valence-electron chi connectivity index (χ1n) is 5.70. The maximum absolute atomic E-state index is 11.8. The quantitative estimate of drug-likeness (QED) is 0.647. The number of carboxylic acid groups (broad SMARTS) is 1. The van der Waals surface area contributed by atoms with Crippen LogP contribution >= 0.6 is 15.9 Å². The van der Waals surface area contributed by atoms with E-state index >= 15 is 0 Å². The van der Waals surface area contributed by atoms with E-state index in [4.69, 9.17) is 9.84 Å². The third-order valence-electron chi connectivity index (χ3n) is 2.46. The second kappa shape index (κ2) is 7.16.